The number of hydrogen-bond donors (Lipinski definition) is 1. The fraction of sp³-hybridized carbons (Fsp3) is 0.600. The number of nitrogens with one attached hydrogen (secondary N) is 1. The van der Waals surface area contributed by atoms with E-state index in [1.54, 1.807) is 18.3 Å². The van der Waals surface area contributed by atoms with Gasteiger partial charge in [-0.15, -0.1) is 25.5 Å². The van der Waals surface area contributed by atoms with E-state index in [4.69, 9.17) is 32.2 Å². The molecular weight excluding hydrogens is 589 g/mol. The first-order valence-corrected chi connectivity index (χ1v) is 15.0. The molecule has 0 radical (unpaired) electrons. The molecule has 2 aliphatic heterocycles. The summed E-state index contributed by atoms with van der Waals surface area (Å²) in [4.78, 5) is 15.4. The first-order valence-electron chi connectivity index (χ1n) is 14.6. The van der Waals surface area contributed by atoms with Crippen molar-refractivity contribution >= 4 is 23.0 Å². The molecule has 3 heterocycles. The maximum atomic E-state index is 13.2. The van der Waals surface area contributed by atoms with Gasteiger partial charge in [0.15, 0.2) is 0 Å². The summed E-state index contributed by atoms with van der Waals surface area (Å²) in [5.41, 5.74) is 0.876. The molecule has 5 rings (SSSR count). The van der Waals surface area contributed by atoms with Gasteiger partial charge in [-0.1, -0.05) is 11.6 Å². The third-order valence-corrected chi connectivity index (χ3v) is 8.69. The van der Waals surface area contributed by atoms with E-state index in [0.29, 0.717) is 64.7 Å². The minimum atomic E-state index is -4.76. The number of terminal acetylenes is 1. The average molecular weight is 625 g/mol. The molecule has 2 aromatic rings. The van der Waals surface area contributed by atoms with E-state index in [1.165, 1.54) is 16.8 Å². The van der Waals surface area contributed by atoms with Gasteiger partial charge < -0.3 is 29.2 Å². The molecule has 3 fully saturated rings. The summed E-state index contributed by atoms with van der Waals surface area (Å²) >= 11 is 6.50. The van der Waals surface area contributed by atoms with E-state index in [-0.39, 0.29) is 46.4 Å². The van der Waals surface area contributed by atoms with E-state index < -0.39 is 6.36 Å². The highest BCUT2D eigenvalue weighted by Gasteiger charge is 2.33. The van der Waals surface area contributed by atoms with E-state index in [2.05, 4.69) is 26.0 Å². The molecule has 3 atom stereocenters. The molecule has 1 saturated carbocycles. The van der Waals surface area contributed by atoms with Crippen molar-refractivity contribution in [3.63, 3.8) is 0 Å². The second-order valence-corrected chi connectivity index (χ2v) is 11.5. The Morgan fingerprint density at radius 2 is 1.84 bits per heavy atom. The highest BCUT2D eigenvalue weighted by Crippen LogP contribution is 2.35. The van der Waals surface area contributed by atoms with Crippen molar-refractivity contribution in [2.75, 3.05) is 56.3 Å². The molecule has 1 aliphatic carbocycles. The van der Waals surface area contributed by atoms with Crippen LogP contribution in [-0.2, 0) is 14.2 Å². The Labute approximate surface area is 253 Å². The lowest BCUT2D eigenvalue weighted by molar-refractivity contribution is -0.274. The van der Waals surface area contributed by atoms with Crippen LogP contribution in [-0.4, -0.2) is 74.4 Å². The number of hydrogen-bond acceptors (Lipinski definition) is 8. The zero-order valence-electron chi connectivity index (χ0n) is 23.7. The normalized spacial score (nSPS) is 26.3. The van der Waals surface area contributed by atoms with E-state index in [9.17, 15) is 18.0 Å². The number of anilines is 2. The Morgan fingerprint density at radius 3 is 2.51 bits per heavy atom. The Morgan fingerprint density at radius 1 is 1.09 bits per heavy atom. The molecule has 9 nitrogen and oxygen atoms in total. The van der Waals surface area contributed by atoms with Gasteiger partial charge in [0, 0.05) is 43.3 Å². The van der Waals surface area contributed by atoms with Crippen molar-refractivity contribution < 1.29 is 32.1 Å². The van der Waals surface area contributed by atoms with Crippen molar-refractivity contribution in [1.82, 2.24) is 9.78 Å². The molecule has 2 saturated heterocycles. The molecule has 1 N–H and O–H groups in total. The van der Waals surface area contributed by atoms with Gasteiger partial charge in [-0.3, -0.25) is 4.79 Å². The minimum absolute atomic E-state index is 0.0742. The molecule has 0 spiro atoms. The molecule has 1 aromatic heterocycles. The monoisotopic (exact) mass is 624 g/mol. The van der Waals surface area contributed by atoms with Gasteiger partial charge >= 0.3 is 6.36 Å². The van der Waals surface area contributed by atoms with E-state index in [0.717, 1.165) is 24.9 Å². The molecule has 0 unspecified atom stereocenters. The van der Waals surface area contributed by atoms with Gasteiger partial charge in [-0.05, 0) is 56.4 Å². The maximum Gasteiger partial charge on any atom is 0.573 e. The number of benzene rings is 1. The fourth-order valence-electron chi connectivity index (χ4n) is 6.07. The van der Waals surface area contributed by atoms with Crippen molar-refractivity contribution in [2.45, 2.75) is 56.7 Å². The second kappa shape index (κ2) is 14.2. The Balaban J connectivity index is 1.24. The molecule has 1 aromatic carbocycles. The van der Waals surface area contributed by atoms with Gasteiger partial charge in [-0.2, -0.15) is 5.10 Å². The Hall–Kier alpha value is -2.98. The van der Waals surface area contributed by atoms with Crippen LogP contribution in [0.4, 0.5) is 24.5 Å². The van der Waals surface area contributed by atoms with Crippen LogP contribution in [0.15, 0.2) is 35.3 Å². The standard InChI is InChI=1S/C30H36ClF3N4O5/c1-2-20-11-12-40-18-21(20)15-35-27-16-36-38(29(39)28(27)31)24-5-3-22(4-6-24)37(17-26-19-41-13-14-42-26)23-7-9-25(10-8-23)43-30(32,33)34/h1,7-10,16,20-22,24,26,35H,3-6,11-15,17-19H2/t20-,21-,22?,24?,26+/m1/s1. The molecule has 13 heteroatoms. The van der Waals surface area contributed by atoms with Gasteiger partial charge in [-0.25, -0.2) is 4.68 Å². The molecule has 0 bridgehead atoms. The van der Waals surface area contributed by atoms with Crippen LogP contribution in [0.25, 0.3) is 0 Å². The molecule has 0 amide bonds. The maximum absolute atomic E-state index is 13.2. The van der Waals surface area contributed by atoms with Crippen LogP contribution in [0.1, 0.15) is 38.1 Å². The molecule has 43 heavy (non-hydrogen) atoms. The second-order valence-electron chi connectivity index (χ2n) is 11.1. The summed E-state index contributed by atoms with van der Waals surface area (Å²) in [6, 6.07) is 5.82. The van der Waals surface area contributed by atoms with Crippen molar-refractivity contribution in [3.8, 4) is 18.1 Å². The lowest BCUT2D eigenvalue weighted by Crippen LogP contribution is -2.46. The lowest BCUT2D eigenvalue weighted by Gasteiger charge is -2.40. The summed E-state index contributed by atoms with van der Waals surface area (Å²) in [7, 11) is 0. The smallest absolute Gasteiger partial charge is 0.406 e. The number of nitrogens with zero attached hydrogens (tertiary/aromatic N) is 3. The first kappa shape index (κ1) is 31.4. The molecular formula is C30H36ClF3N4O5. The fourth-order valence-corrected chi connectivity index (χ4v) is 6.27. The van der Waals surface area contributed by atoms with Crippen molar-refractivity contribution in [1.29, 1.82) is 0 Å². The zero-order chi connectivity index (χ0) is 30.4. The first-order chi connectivity index (χ1) is 20.7. The minimum Gasteiger partial charge on any atom is -0.406 e. The summed E-state index contributed by atoms with van der Waals surface area (Å²) in [6.45, 7) is 3.71. The Kier molecular flexibility index (Phi) is 10.4. The zero-order valence-corrected chi connectivity index (χ0v) is 24.5. The Bertz CT molecular complexity index is 1300. The van der Waals surface area contributed by atoms with E-state index >= 15 is 0 Å². The van der Waals surface area contributed by atoms with Crippen molar-refractivity contribution in [2.24, 2.45) is 11.8 Å². The van der Waals surface area contributed by atoms with Crippen LogP contribution in [0.2, 0.25) is 5.02 Å². The summed E-state index contributed by atoms with van der Waals surface area (Å²) in [5.74, 6) is 2.77. The van der Waals surface area contributed by atoms with Crippen LogP contribution >= 0.6 is 11.6 Å². The molecule has 3 aliphatic rings. The summed E-state index contributed by atoms with van der Waals surface area (Å²) in [6.07, 6.45) is 5.96. The quantitative estimate of drug-likeness (QED) is 0.395. The largest absolute Gasteiger partial charge is 0.573 e. The number of aromatic nitrogens is 2. The highest BCUT2D eigenvalue weighted by molar-refractivity contribution is 6.32. The van der Waals surface area contributed by atoms with E-state index in [1.807, 2.05) is 0 Å². The van der Waals surface area contributed by atoms with Crippen LogP contribution in [0, 0.1) is 24.2 Å². The topological polar surface area (TPSA) is 87.1 Å². The van der Waals surface area contributed by atoms with Gasteiger partial charge in [0.2, 0.25) is 0 Å². The number of alkyl halides is 3. The van der Waals surface area contributed by atoms with Crippen LogP contribution < -0.4 is 20.5 Å². The third-order valence-electron chi connectivity index (χ3n) is 8.33. The van der Waals surface area contributed by atoms with Gasteiger partial charge in [0.1, 0.15) is 10.8 Å². The summed E-state index contributed by atoms with van der Waals surface area (Å²) < 4.78 is 60.6. The highest BCUT2D eigenvalue weighted by atomic mass is 35.5. The predicted molar refractivity (Wildman–Crippen MR) is 156 cm³/mol. The lowest BCUT2D eigenvalue weighted by atomic mass is 9.89. The van der Waals surface area contributed by atoms with Gasteiger partial charge in [0.25, 0.3) is 5.56 Å². The predicted octanol–water partition coefficient (Wildman–Crippen LogP) is 4.90. The summed E-state index contributed by atoms with van der Waals surface area (Å²) in [5, 5.41) is 7.77. The number of ether oxygens (including phenoxy) is 4. The van der Waals surface area contributed by atoms with Crippen molar-refractivity contribution in [3.05, 3.63) is 45.8 Å². The number of halogens is 4. The third kappa shape index (κ3) is 8.15. The van der Waals surface area contributed by atoms with Crippen LogP contribution in [0.5, 0.6) is 5.75 Å². The average Bonchev–Trinajstić information content (AvgIpc) is 3.01. The molecule has 234 valence electrons. The van der Waals surface area contributed by atoms with Gasteiger partial charge in [0.05, 0.1) is 50.5 Å². The SMILES string of the molecule is C#C[C@@H]1CCOC[C@H]1CNc1cnn(C2CCC(N(C[C@H]3COCCO3)c3ccc(OC(F)(F)F)cc3)CC2)c(=O)c1Cl. The number of rotatable bonds is 9. The van der Waals surface area contributed by atoms with Crippen LogP contribution in [0.3, 0.4) is 0 Å².